The molecule has 1 aromatic carbocycles. The molecule has 6 nitrogen and oxygen atoms in total. The van der Waals surface area contributed by atoms with Gasteiger partial charge in [-0.2, -0.15) is 0 Å². The number of halogens is 1. The number of aromatic nitrogens is 1. The number of anilines is 1. The maximum Gasteiger partial charge on any atom is 0.272 e. The van der Waals surface area contributed by atoms with E-state index >= 15 is 0 Å². The molecule has 0 spiro atoms. The fourth-order valence-electron chi connectivity index (χ4n) is 2.40. The third-order valence-electron chi connectivity index (χ3n) is 3.81. The normalized spacial score (nSPS) is 12.0. The van der Waals surface area contributed by atoms with Crippen LogP contribution in [0.3, 0.4) is 0 Å². The number of hydrogen-bond donors (Lipinski definition) is 1. The van der Waals surface area contributed by atoms with Crippen molar-refractivity contribution in [1.29, 1.82) is 0 Å². The Kier molecular flexibility index (Phi) is 5.75. The van der Waals surface area contributed by atoms with E-state index in [1.54, 1.807) is 25.1 Å². The number of benzene rings is 1. The Hall–Kier alpha value is -1.64. The molecule has 0 aliphatic rings. The molecule has 0 aliphatic heterocycles. The zero-order valence-corrected chi connectivity index (χ0v) is 17.3. The smallest absolute Gasteiger partial charge is 0.272 e. The van der Waals surface area contributed by atoms with Gasteiger partial charge in [-0.3, -0.25) is 4.79 Å². The van der Waals surface area contributed by atoms with E-state index in [1.165, 1.54) is 20.2 Å². The Morgan fingerprint density at radius 3 is 2.44 bits per heavy atom. The van der Waals surface area contributed by atoms with Gasteiger partial charge >= 0.3 is 0 Å². The van der Waals surface area contributed by atoms with Crippen LogP contribution in [0.4, 0.5) is 5.69 Å². The third kappa shape index (κ3) is 4.13. The van der Waals surface area contributed by atoms with Gasteiger partial charge in [-0.25, -0.2) is 12.7 Å². The Labute approximate surface area is 157 Å². The topological polar surface area (TPSA) is 71.4 Å². The van der Waals surface area contributed by atoms with Crippen LogP contribution in [0.2, 0.25) is 0 Å². The highest BCUT2D eigenvalue weighted by Gasteiger charge is 2.21. The molecule has 1 N–H and O–H groups in total. The zero-order valence-electron chi connectivity index (χ0n) is 14.9. The van der Waals surface area contributed by atoms with Crippen LogP contribution in [0, 0.1) is 6.92 Å². The molecule has 0 atom stereocenters. The lowest BCUT2D eigenvalue weighted by Gasteiger charge is -2.16. The maximum absolute atomic E-state index is 12.6. The highest BCUT2D eigenvalue weighted by molar-refractivity contribution is 9.10. The summed E-state index contributed by atoms with van der Waals surface area (Å²) in [6.07, 6.45) is 1.84. The number of nitrogens with zero attached hydrogens (tertiary/aromatic N) is 2. The fourth-order valence-corrected chi connectivity index (χ4v) is 3.98. The molecule has 0 aliphatic carbocycles. The quantitative estimate of drug-likeness (QED) is 0.791. The van der Waals surface area contributed by atoms with Crippen molar-refractivity contribution in [2.75, 3.05) is 19.4 Å². The van der Waals surface area contributed by atoms with Gasteiger partial charge in [-0.15, -0.1) is 0 Å². The number of amides is 1. The number of carbonyl (C=O) groups excluding carboxylic acids is 1. The molecule has 1 heterocycles. The number of hydrogen-bond acceptors (Lipinski definition) is 3. The molecule has 0 bridgehead atoms. The highest BCUT2D eigenvalue weighted by Crippen LogP contribution is 2.24. The van der Waals surface area contributed by atoms with Crippen molar-refractivity contribution in [1.82, 2.24) is 8.87 Å². The Balaban J connectivity index is 2.38. The van der Waals surface area contributed by atoms with Gasteiger partial charge < -0.3 is 9.88 Å². The lowest BCUT2D eigenvalue weighted by atomic mass is 10.2. The first kappa shape index (κ1) is 19.7. The van der Waals surface area contributed by atoms with Crippen molar-refractivity contribution in [2.45, 2.75) is 31.7 Å². The summed E-state index contributed by atoms with van der Waals surface area (Å²) >= 11 is 3.38. The number of nitrogens with one attached hydrogen (secondary N) is 1. The summed E-state index contributed by atoms with van der Waals surface area (Å²) in [4.78, 5) is 12.8. The van der Waals surface area contributed by atoms with Crippen LogP contribution in [0.25, 0.3) is 0 Å². The van der Waals surface area contributed by atoms with Gasteiger partial charge in [-0.1, -0.05) is 6.07 Å². The molecule has 8 heteroatoms. The summed E-state index contributed by atoms with van der Waals surface area (Å²) < 4.78 is 28.6. The van der Waals surface area contributed by atoms with Gasteiger partial charge in [-0.05, 0) is 60.5 Å². The molecule has 1 aromatic heterocycles. The summed E-state index contributed by atoms with van der Waals surface area (Å²) in [6.45, 7) is 5.69. The second kappa shape index (κ2) is 7.31. The van der Waals surface area contributed by atoms with E-state index in [0.29, 0.717) is 16.9 Å². The highest BCUT2D eigenvalue weighted by atomic mass is 79.9. The van der Waals surface area contributed by atoms with Crippen molar-refractivity contribution in [2.24, 2.45) is 0 Å². The van der Waals surface area contributed by atoms with Gasteiger partial charge in [0.15, 0.2) is 0 Å². The van der Waals surface area contributed by atoms with Crippen LogP contribution in [0.1, 0.15) is 35.9 Å². The number of carbonyl (C=O) groups is 1. The van der Waals surface area contributed by atoms with Crippen molar-refractivity contribution < 1.29 is 13.2 Å². The third-order valence-corrected chi connectivity index (χ3v) is 6.20. The van der Waals surface area contributed by atoms with Crippen molar-refractivity contribution >= 4 is 37.5 Å². The largest absolute Gasteiger partial charge is 0.340 e. The van der Waals surface area contributed by atoms with Crippen LogP contribution < -0.4 is 5.32 Å². The summed E-state index contributed by atoms with van der Waals surface area (Å²) in [7, 11) is -0.620. The molecule has 2 rings (SSSR count). The predicted octanol–water partition coefficient (Wildman–Crippen LogP) is 3.64. The van der Waals surface area contributed by atoms with E-state index in [9.17, 15) is 13.2 Å². The molecule has 0 radical (unpaired) electrons. The summed E-state index contributed by atoms with van der Waals surface area (Å²) in [5.41, 5.74) is 1.56. The Morgan fingerprint density at radius 2 is 1.88 bits per heavy atom. The molecule has 0 fully saturated rings. The van der Waals surface area contributed by atoms with Gasteiger partial charge in [0.1, 0.15) is 5.69 Å². The first-order valence-corrected chi connectivity index (χ1v) is 9.99. The van der Waals surface area contributed by atoms with Crippen molar-refractivity contribution in [3.8, 4) is 0 Å². The SMILES string of the molecule is Cc1ccc(NC(=O)c2cc(Br)cn2C(C)C)cc1S(=O)(=O)N(C)C. The van der Waals surface area contributed by atoms with Crippen LogP contribution in [0.5, 0.6) is 0 Å². The minimum Gasteiger partial charge on any atom is -0.340 e. The fraction of sp³-hybridized carbons (Fsp3) is 0.353. The van der Waals surface area contributed by atoms with Gasteiger partial charge in [0.05, 0.1) is 4.90 Å². The average Bonchev–Trinajstić information content (AvgIpc) is 2.91. The van der Waals surface area contributed by atoms with E-state index in [-0.39, 0.29) is 16.8 Å². The van der Waals surface area contributed by atoms with E-state index in [4.69, 9.17) is 0 Å². The molecule has 0 saturated carbocycles. The van der Waals surface area contributed by atoms with Crippen LogP contribution in [-0.2, 0) is 10.0 Å². The van der Waals surface area contributed by atoms with E-state index in [0.717, 1.165) is 8.78 Å². The van der Waals surface area contributed by atoms with Gasteiger partial charge in [0.25, 0.3) is 5.91 Å². The maximum atomic E-state index is 12.6. The summed E-state index contributed by atoms with van der Waals surface area (Å²) in [5.74, 6) is -0.295. The lowest BCUT2D eigenvalue weighted by Crippen LogP contribution is -2.23. The molecule has 0 saturated heterocycles. The van der Waals surface area contributed by atoms with Crippen LogP contribution in [0.15, 0.2) is 39.8 Å². The molecule has 25 heavy (non-hydrogen) atoms. The van der Waals surface area contributed by atoms with E-state index in [1.807, 2.05) is 24.6 Å². The molecular weight excluding hydrogens is 406 g/mol. The predicted molar refractivity (Wildman–Crippen MR) is 103 cm³/mol. The molecule has 1 amide bonds. The number of aryl methyl sites for hydroxylation is 1. The summed E-state index contributed by atoms with van der Waals surface area (Å²) in [6, 6.07) is 6.72. The molecule has 136 valence electrons. The Bertz CT molecular complexity index is 902. The average molecular weight is 428 g/mol. The second-order valence-electron chi connectivity index (χ2n) is 6.27. The number of sulfonamides is 1. The second-order valence-corrected chi connectivity index (χ2v) is 9.30. The zero-order chi connectivity index (χ0) is 18.9. The van der Waals surface area contributed by atoms with Crippen LogP contribution >= 0.6 is 15.9 Å². The van der Waals surface area contributed by atoms with E-state index in [2.05, 4.69) is 21.2 Å². The first-order valence-electron chi connectivity index (χ1n) is 7.76. The minimum atomic E-state index is -3.58. The standard InChI is InChI=1S/C17H22BrN3O3S/c1-11(2)21-10-13(18)8-15(21)17(22)19-14-7-6-12(3)16(9-14)25(23,24)20(4)5/h6-11H,1-5H3,(H,19,22). The minimum absolute atomic E-state index is 0.120. The first-order chi connectivity index (χ1) is 11.5. The van der Waals surface area contributed by atoms with Gasteiger partial charge in [0.2, 0.25) is 10.0 Å². The molecule has 2 aromatic rings. The molecular formula is C17H22BrN3O3S. The number of rotatable bonds is 5. The van der Waals surface area contributed by atoms with Crippen LogP contribution in [-0.4, -0.2) is 37.3 Å². The molecule has 0 unspecified atom stereocenters. The monoisotopic (exact) mass is 427 g/mol. The van der Waals surface area contributed by atoms with Crippen molar-refractivity contribution in [3.05, 3.63) is 46.2 Å². The van der Waals surface area contributed by atoms with Gasteiger partial charge in [0, 0.05) is 36.5 Å². The lowest BCUT2D eigenvalue weighted by molar-refractivity contribution is 0.101. The van der Waals surface area contributed by atoms with Crippen molar-refractivity contribution in [3.63, 3.8) is 0 Å². The summed E-state index contributed by atoms with van der Waals surface area (Å²) in [5, 5.41) is 2.78. The van der Waals surface area contributed by atoms with E-state index < -0.39 is 10.0 Å². The Morgan fingerprint density at radius 1 is 1.24 bits per heavy atom.